The molecule has 0 aliphatic carbocycles. The van der Waals surface area contributed by atoms with E-state index >= 15 is 0 Å². The first-order valence-electron chi connectivity index (χ1n) is 6.87. The first-order valence-corrected chi connectivity index (χ1v) is 6.87. The van der Waals surface area contributed by atoms with Gasteiger partial charge in [0.05, 0.1) is 17.6 Å². The SMILES string of the molecule is O=C(O)N(CCOc1ccccc1)c1nc2ccccc2[nH]1. The number of aromatic nitrogens is 2. The van der Waals surface area contributed by atoms with E-state index in [4.69, 9.17) is 4.74 Å². The highest BCUT2D eigenvalue weighted by Gasteiger charge is 2.18. The Kier molecular flexibility index (Phi) is 3.91. The number of amides is 1. The van der Waals surface area contributed by atoms with Crippen molar-refractivity contribution in [3.63, 3.8) is 0 Å². The smallest absolute Gasteiger partial charge is 0.414 e. The third-order valence-electron chi connectivity index (χ3n) is 3.19. The van der Waals surface area contributed by atoms with Crippen LogP contribution < -0.4 is 9.64 Å². The highest BCUT2D eigenvalue weighted by molar-refractivity contribution is 5.87. The van der Waals surface area contributed by atoms with Crippen LogP contribution >= 0.6 is 0 Å². The highest BCUT2D eigenvalue weighted by atomic mass is 16.5. The highest BCUT2D eigenvalue weighted by Crippen LogP contribution is 2.17. The third-order valence-corrected chi connectivity index (χ3v) is 3.19. The van der Waals surface area contributed by atoms with Crippen molar-refractivity contribution in [2.45, 2.75) is 0 Å². The molecule has 0 saturated carbocycles. The fourth-order valence-electron chi connectivity index (χ4n) is 2.13. The van der Waals surface area contributed by atoms with Crippen LogP contribution in [0.4, 0.5) is 10.7 Å². The number of nitrogens with zero attached hydrogens (tertiary/aromatic N) is 2. The Hall–Kier alpha value is -3.02. The van der Waals surface area contributed by atoms with E-state index in [1.165, 1.54) is 0 Å². The predicted octanol–water partition coefficient (Wildman–Crippen LogP) is 3.13. The molecule has 6 nitrogen and oxygen atoms in total. The van der Waals surface area contributed by atoms with Gasteiger partial charge in [0.15, 0.2) is 0 Å². The Bertz CT molecular complexity index is 737. The van der Waals surface area contributed by atoms with Gasteiger partial charge in [0.1, 0.15) is 12.4 Å². The lowest BCUT2D eigenvalue weighted by molar-refractivity contribution is 0.199. The summed E-state index contributed by atoms with van der Waals surface area (Å²) in [6.07, 6.45) is -1.07. The number of fused-ring (bicyclic) bond motifs is 1. The average molecular weight is 297 g/mol. The fraction of sp³-hybridized carbons (Fsp3) is 0.125. The molecule has 1 heterocycles. The van der Waals surface area contributed by atoms with E-state index in [9.17, 15) is 9.90 Å². The van der Waals surface area contributed by atoms with Crippen LogP contribution in [0.1, 0.15) is 0 Å². The molecular formula is C16H15N3O3. The van der Waals surface area contributed by atoms with Crippen molar-refractivity contribution in [3.05, 3.63) is 54.6 Å². The van der Waals surface area contributed by atoms with Crippen molar-refractivity contribution in [1.82, 2.24) is 9.97 Å². The lowest BCUT2D eigenvalue weighted by atomic mass is 10.3. The number of benzene rings is 2. The first kappa shape index (κ1) is 13.9. The molecule has 1 amide bonds. The van der Waals surface area contributed by atoms with Gasteiger partial charge < -0.3 is 14.8 Å². The first-order chi connectivity index (χ1) is 10.7. The van der Waals surface area contributed by atoms with Gasteiger partial charge in [-0.1, -0.05) is 30.3 Å². The van der Waals surface area contributed by atoms with Gasteiger partial charge in [-0.15, -0.1) is 0 Å². The number of H-pyrrole nitrogens is 1. The fourth-order valence-corrected chi connectivity index (χ4v) is 2.13. The number of nitrogens with one attached hydrogen (secondary N) is 1. The maximum atomic E-state index is 11.4. The van der Waals surface area contributed by atoms with E-state index in [0.29, 0.717) is 11.7 Å². The lowest BCUT2D eigenvalue weighted by Crippen LogP contribution is -2.34. The number of anilines is 1. The normalized spacial score (nSPS) is 10.5. The number of rotatable bonds is 5. The van der Waals surface area contributed by atoms with Crippen molar-refractivity contribution >= 4 is 23.1 Å². The number of imidazole rings is 1. The maximum Gasteiger partial charge on any atom is 0.414 e. The van der Waals surface area contributed by atoms with E-state index in [2.05, 4.69) is 9.97 Å². The minimum Gasteiger partial charge on any atom is -0.492 e. The van der Waals surface area contributed by atoms with Crippen LogP contribution in [-0.2, 0) is 0 Å². The molecule has 0 aliphatic heterocycles. The van der Waals surface area contributed by atoms with Gasteiger partial charge in [0.25, 0.3) is 0 Å². The van der Waals surface area contributed by atoms with E-state index < -0.39 is 6.09 Å². The molecule has 3 rings (SSSR count). The Balaban J connectivity index is 1.71. The summed E-state index contributed by atoms with van der Waals surface area (Å²) >= 11 is 0. The molecule has 22 heavy (non-hydrogen) atoms. The number of aromatic amines is 1. The molecule has 0 bridgehead atoms. The van der Waals surface area contributed by atoms with Crippen LogP contribution in [0.5, 0.6) is 5.75 Å². The van der Waals surface area contributed by atoms with E-state index in [-0.39, 0.29) is 13.2 Å². The topological polar surface area (TPSA) is 78.4 Å². The summed E-state index contributed by atoms with van der Waals surface area (Å²) in [6, 6.07) is 16.7. The summed E-state index contributed by atoms with van der Waals surface area (Å²) in [5, 5.41) is 9.36. The van der Waals surface area contributed by atoms with Crippen LogP contribution in [0.2, 0.25) is 0 Å². The predicted molar refractivity (Wildman–Crippen MR) is 83.4 cm³/mol. The quantitative estimate of drug-likeness (QED) is 0.758. The molecule has 112 valence electrons. The standard InChI is InChI=1S/C16H15N3O3/c20-16(21)19(10-11-22-12-6-2-1-3-7-12)15-17-13-8-4-5-9-14(13)18-15/h1-9H,10-11H2,(H,17,18)(H,20,21). The Morgan fingerprint density at radius 1 is 1.14 bits per heavy atom. The summed E-state index contributed by atoms with van der Waals surface area (Å²) in [5.74, 6) is 1.00. The van der Waals surface area contributed by atoms with Gasteiger partial charge in [0, 0.05) is 0 Å². The zero-order valence-corrected chi connectivity index (χ0v) is 11.8. The van der Waals surface area contributed by atoms with Crippen LogP contribution in [0.25, 0.3) is 11.0 Å². The molecule has 2 N–H and O–H groups in total. The maximum absolute atomic E-state index is 11.4. The largest absolute Gasteiger partial charge is 0.492 e. The molecule has 3 aromatic rings. The number of carboxylic acid groups (broad SMARTS) is 1. The van der Waals surface area contributed by atoms with Gasteiger partial charge in [-0.05, 0) is 24.3 Å². The number of ether oxygens (including phenoxy) is 1. The van der Waals surface area contributed by atoms with Crippen LogP contribution in [0, 0.1) is 0 Å². The van der Waals surface area contributed by atoms with Gasteiger partial charge in [0.2, 0.25) is 5.95 Å². The molecule has 0 radical (unpaired) electrons. The molecule has 0 unspecified atom stereocenters. The summed E-state index contributed by atoms with van der Waals surface area (Å²) in [5.41, 5.74) is 1.53. The Labute approximate surface area is 127 Å². The van der Waals surface area contributed by atoms with Crippen molar-refractivity contribution in [1.29, 1.82) is 0 Å². The van der Waals surface area contributed by atoms with Gasteiger partial charge in [-0.3, -0.25) is 0 Å². The average Bonchev–Trinajstić information content (AvgIpc) is 2.95. The van der Waals surface area contributed by atoms with Crippen LogP contribution in [0.15, 0.2) is 54.6 Å². The van der Waals surface area contributed by atoms with Crippen molar-refractivity contribution in [3.8, 4) is 5.75 Å². The summed E-state index contributed by atoms with van der Waals surface area (Å²) in [7, 11) is 0. The zero-order valence-electron chi connectivity index (χ0n) is 11.8. The number of hydrogen-bond donors (Lipinski definition) is 2. The molecule has 0 saturated heterocycles. The molecule has 2 aromatic carbocycles. The number of para-hydroxylation sites is 3. The number of carbonyl (C=O) groups is 1. The van der Waals surface area contributed by atoms with E-state index in [1.54, 1.807) is 0 Å². The van der Waals surface area contributed by atoms with Gasteiger partial charge >= 0.3 is 6.09 Å². The minimum atomic E-state index is -1.07. The minimum absolute atomic E-state index is 0.185. The molecule has 0 atom stereocenters. The van der Waals surface area contributed by atoms with Crippen molar-refractivity contribution < 1.29 is 14.6 Å². The van der Waals surface area contributed by atoms with Gasteiger partial charge in [-0.25, -0.2) is 14.7 Å². The van der Waals surface area contributed by atoms with Gasteiger partial charge in [-0.2, -0.15) is 0 Å². The second-order valence-corrected chi connectivity index (χ2v) is 4.67. The summed E-state index contributed by atoms with van der Waals surface area (Å²) in [4.78, 5) is 19.9. The van der Waals surface area contributed by atoms with Crippen molar-refractivity contribution in [2.24, 2.45) is 0 Å². The molecule has 0 aliphatic rings. The molecule has 1 aromatic heterocycles. The Morgan fingerprint density at radius 3 is 2.59 bits per heavy atom. The van der Waals surface area contributed by atoms with Crippen LogP contribution in [0.3, 0.4) is 0 Å². The van der Waals surface area contributed by atoms with E-state index in [1.807, 2.05) is 54.6 Å². The van der Waals surface area contributed by atoms with Crippen molar-refractivity contribution in [2.75, 3.05) is 18.1 Å². The molecule has 0 fully saturated rings. The lowest BCUT2D eigenvalue weighted by Gasteiger charge is -2.16. The molecule has 0 spiro atoms. The monoisotopic (exact) mass is 297 g/mol. The summed E-state index contributed by atoms with van der Waals surface area (Å²) in [6.45, 7) is 0.428. The van der Waals surface area contributed by atoms with Crippen LogP contribution in [-0.4, -0.2) is 34.3 Å². The second-order valence-electron chi connectivity index (χ2n) is 4.67. The number of hydrogen-bond acceptors (Lipinski definition) is 3. The molecular weight excluding hydrogens is 282 g/mol. The zero-order chi connectivity index (χ0) is 15.4. The second kappa shape index (κ2) is 6.17. The Morgan fingerprint density at radius 2 is 1.86 bits per heavy atom. The third kappa shape index (κ3) is 3.01. The molecule has 6 heteroatoms. The van der Waals surface area contributed by atoms with E-state index in [0.717, 1.165) is 15.9 Å². The summed E-state index contributed by atoms with van der Waals surface area (Å²) < 4.78 is 5.54.